The first-order valence-electron chi connectivity index (χ1n) is 6.42. The second-order valence-corrected chi connectivity index (χ2v) is 4.84. The minimum absolute atomic E-state index is 0.128. The zero-order valence-corrected chi connectivity index (χ0v) is 10.1. The van der Waals surface area contributed by atoms with Crippen LogP contribution < -0.4 is 5.32 Å². The van der Waals surface area contributed by atoms with E-state index in [1.807, 2.05) is 11.8 Å². The van der Waals surface area contributed by atoms with Gasteiger partial charge in [-0.1, -0.05) is 0 Å². The van der Waals surface area contributed by atoms with Crippen LogP contribution in [0.1, 0.15) is 32.6 Å². The second kappa shape index (κ2) is 5.53. The van der Waals surface area contributed by atoms with E-state index in [2.05, 4.69) is 5.32 Å². The molecule has 1 saturated heterocycles. The van der Waals surface area contributed by atoms with Gasteiger partial charge in [-0.2, -0.15) is 0 Å². The van der Waals surface area contributed by atoms with Crippen molar-refractivity contribution in [1.29, 1.82) is 0 Å². The predicted octanol–water partition coefficient (Wildman–Crippen LogP) is 1.61. The molecule has 0 aromatic carbocycles. The molecule has 1 saturated carbocycles. The van der Waals surface area contributed by atoms with Crippen LogP contribution in [0.2, 0.25) is 0 Å². The molecule has 92 valence electrons. The Labute approximate surface area is 97.3 Å². The number of rotatable bonds is 4. The number of urea groups is 1. The lowest BCUT2D eigenvalue weighted by molar-refractivity contribution is 0.0756. The van der Waals surface area contributed by atoms with Crippen molar-refractivity contribution in [3.63, 3.8) is 0 Å². The van der Waals surface area contributed by atoms with E-state index in [0.29, 0.717) is 12.0 Å². The van der Waals surface area contributed by atoms with E-state index >= 15 is 0 Å². The van der Waals surface area contributed by atoms with Gasteiger partial charge in [0.15, 0.2) is 0 Å². The summed E-state index contributed by atoms with van der Waals surface area (Å²) in [5.41, 5.74) is 0. The van der Waals surface area contributed by atoms with Gasteiger partial charge in [0.1, 0.15) is 0 Å². The molecule has 0 spiro atoms. The standard InChI is InChI=1S/C12H22N2O2/c1-2-16-9-10-4-3-7-14(8-10)12(15)13-11-5-6-11/h10-11H,2-9H2,1H3,(H,13,15). The molecule has 1 N–H and O–H groups in total. The van der Waals surface area contributed by atoms with Crippen LogP contribution in [-0.2, 0) is 4.74 Å². The van der Waals surface area contributed by atoms with Gasteiger partial charge in [0.05, 0.1) is 6.61 Å². The number of carbonyl (C=O) groups is 1. The molecule has 0 aromatic rings. The molecule has 4 heteroatoms. The molecule has 2 fully saturated rings. The van der Waals surface area contributed by atoms with E-state index < -0.39 is 0 Å². The SMILES string of the molecule is CCOCC1CCCN(C(=O)NC2CC2)C1. The molecule has 0 radical (unpaired) electrons. The van der Waals surface area contributed by atoms with Gasteiger partial charge < -0.3 is 15.0 Å². The summed E-state index contributed by atoms with van der Waals surface area (Å²) in [6.45, 7) is 5.34. The van der Waals surface area contributed by atoms with Crippen LogP contribution in [0.5, 0.6) is 0 Å². The Bertz CT molecular complexity index is 241. The first-order valence-corrected chi connectivity index (χ1v) is 6.42. The monoisotopic (exact) mass is 226 g/mol. The second-order valence-electron chi connectivity index (χ2n) is 4.84. The summed E-state index contributed by atoms with van der Waals surface area (Å²) in [7, 11) is 0. The normalized spacial score (nSPS) is 25.6. The van der Waals surface area contributed by atoms with Gasteiger partial charge in [-0.25, -0.2) is 4.79 Å². The zero-order valence-electron chi connectivity index (χ0n) is 10.1. The Morgan fingerprint density at radius 1 is 1.44 bits per heavy atom. The van der Waals surface area contributed by atoms with Gasteiger partial charge in [0, 0.05) is 31.7 Å². The van der Waals surface area contributed by atoms with Gasteiger partial charge >= 0.3 is 6.03 Å². The minimum atomic E-state index is 0.128. The molecule has 0 aromatic heterocycles. The average Bonchev–Trinajstić information content (AvgIpc) is 3.10. The molecule has 4 nitrogen and oxygen atoms in total. The molecule has 0 bridgehead atoms. The lowest BCUT2D eigenvalue weighted by atomic mass is 9.99. The van der Waals surface area contributed by atoms with E-state index in [9.17, 15) is 4.79 Å². The van der Waals surface area contributed by atoms with Crippen molar-refractivity contribution in [2.75, 3.05) is 26.3 Å². The van der Waals surface area contributed by atoms with E-state index in [1.165, 1.54) is 6.42 Å². The Hall–Kier alpha value is -0.770. The number of hydrogen-bond acceptors (Lipinski definition) is 2. The molecule has 2 aliphatic rings. The summed E-state index contributed by atoms with van der Waals surface area (Å²) in [6.07, 6.45) is 4.60. The van der Waals surface area contributed by atoms with E-state index in [0.717, 1.165) is 45.6 Å². The molecule has 1 aliphatic heterocycles. The molecular formula is C12H22N2O2. The summed E-state index contributed by atoms with van der Waals surface area (Å²) >= 11 is 0. The molecule has 1 heterocycles. The Kier molecular flexibility index (Phi) is 4.04. The largest absolute Gasteiger partial charge is 0.381 e. The number of piperidine rings is 1. The molecule has 1 unspecified atom stereocenters. The zero-order chi connectivity index (χ0) is 11.4. The van der Waals surface area contributed by atoms with Crippen molar-refractivity contribution in [3.05, 3.63) is 0 Å². The number of carbonyl (C=O) groups excluding carboxylic acids is 1. The molecule has 1 atom stereocenters. The smallest absolute Gasteiger partial charge is 0.317 e. The van der Waals surface area contributed by atoms with Crippen molar-refractivity contribution in [3.8, 4) is 0 Å². The quantitative estimate of drug-likeness (QED) is 0.791. The minimum Gasteiger partial charge on any atom is -0.381 e. The van der Waals surface area contributed by atoms with Crippen LogP contribution in [0.3, 0.4) is 0 Å². The summed E-state index contributed by atoms with van der Waals surface area (Å²) in [4.78, 5) is 13.8. The fourth-order valence-corrected chi connectivity index (χ4v) is 2.16. The third-order valence-electron chi connectivity index (χ3n) is 3.27. The molecule has 2 rings (SSSR count). The maximum Gasteiger partial charge on any atom is 0.317 e. The summed E-state index contributed by atoms with van der Waals surface area (Å²) in [5.74, 6) is 0.527. The van der Waals surface area contributed by atoms with Crippen LogP contribution >= 0.6 is 0 Å². The first kappa shape index (κ1) is 11.7. The number of nitrogens with zero attached hydrogens (tertiary/aromatic N) is 1. The highest BCUT2D eigenvalue weighted by Gasteiger charge is 2.28. The van der Waals surface area contributed by atoms with Crippen molar-refractivity contribution in [2.45, 2.75) is 38.6 Å². The first-order chi connectivity index (χ1) is 7.79. The van der Waals surface area contributed by atoms with Crippen LogP contribution in [0, 0.1) is 5.92 Å². The Morgan fingerprint density at radius 3 is 2.94 bits per heavy atom. The lowest BCUT2D eigenvalue weighted by Crippen LogP contribution is -2.46. The van der Waals surface area contributed by atoms with Crippen LogP contribution in [0.25, 0.3) is 0 Å². The van der Waals surface area contributed by atoms with E-state index in [-0.39, 0.29) is 6.03 Å². The van der Waals surface area contributed by atoms with Gasteiger partial charge in [-0.3, -0.25) is 0 Å². The number of likely N-dealkylation sites (tertiary alicyclic amines) is 1. The number of hydrogen-bond donors (Lipinski definition) is 1. The highest BCUT2D eigenvalue weighted by Crippen LogP contribution is 2.21. The van der Waals surface area contributed by atoms with E-state index in [4.69, 9.17) is 4.74 Å². The van der Waals surface area contributed by atoms with Crippen molar-refractivity contribution in [2.24, 2.45) is 5.92 Å². The van der Waals surface area contributed by atoms with Gasteiger partial charge in [0.2, 0.25) is 0 Å². The van der Waals surface area contributed by atoms with Gasteiger partial charge in [-0.15, -0.1) is 0 Å². The lowest BCUT2D eigenvalue weighted by Gasteiger charge is -2.32. The third-order valence-corrected chi connectivity index (χ3v) is 3.27. The number of amides is 2. The maximum atomic E-state index is 11.8. The maximum absolute atomic E-state index is 11.8. The summed E-state index contributed by atoms with van der Waals surface area (Å²) in [5, 5.41) is 3.05. The highest BCUT2D eigenvalue weighted by molar-refractivity contribution is 5.74. The van der Waals surface area contributed by atoms with Crippen LogP contribution in [-0.4, -0.2) is 43.3 Å². The highest BCUT2D eigenvalue weighted by atomic mass is 16.5. The average molecular weight is 226 g/mol. The predicted molar refractivity (Wildman–Crippen MR) is 62.3 cm³/mol. The molecular weight excluding hydrogens is 204 g/mol. The summed E-state index contributed by atoms with van der Waals surface area (Å²) in [6, 6.07) is 0.587. The summed E-state index contributed by atoms with van der Waals surface area (Å²) < 4.78 is 5.44. The molecule has 2 amide bonds. The number of ether oxygens (including phenoxy) is 1. The van der Waals surface area contributed by atoms with Crippen molar-refractivity contribution in [1.82, 2.24) is 10.2 Å². The Morgan fingerprint density at radius 2 is 2.25 bits per heavy atom. The van der Waals surface area contributed by atoms with Crippen LogP contribution in [0.4, 0.5) is 4.79 Å². The molecule has 16 heavy (non-hydrogen) atoms. The topological polar surface area (TPSA) is 41.6 Å². The van der Waals surface area contributed by atoms with Crippen molar-refractivity contribution >= 4 is 6.03 Å². The fourth-order valence-electron chi connectivity index (χ4n) is 2.16. The van der Waals surface area contributed by atoms with Gasteiger partial charge in [-0.05, 0) is 32.6 Å². The van der Waals surface area contributed by atoms with Crippen LogP contribution in [0.15, 0.2) is 0 Å². The molecule has 1 aliphatic carbocycles. The fraction of sp³-hybridized carbons (Fsp3) is 0.917. The number of nitrogens with one attached hydrogen (secondary N) is 1. The van der Waals surface area contributed by atoms with E-state index in [1.54, 1.807) is 0 Å². The van der Waals surface area contributed by atoms with Gasteiger partial charge in [0.25, 0.3) is 0 Å². The third kappa shape index (κ3) is 3.37. The Balaban J connectivity index is 1.73. The van der Waals surface area contributed by atoms with Crippen molar-refractivity contribution < 1.29 is 9.53 Å².